The Labute approximate surface area is 372 Å². The largest absolute Gasteiger partial charge is 0.310 e. The molecule has 2 nitrogen and oxygen atoms in total. The van der Waals surface area contributed by atoms with E-state index in [0.29, 0.717) is 0 Å². The molecule has 0 aromatic heterocycles. The van der Waals surface area contributed by atoms with Gasteiger partial charge in [-0.15, -0.1) is 0 Å². The minimum Gasteiger partial charge on any atom is -0.310 e. The second-order valence-corrected chi connectivity index (χ2v) is 18.3. The van der Waals surface area contributed by atoms with Crippen LogP contribution in [0.15, 0.2) is 200 Å². The highest BCUT2D eigenvalue weighted by atomic mass is 15.1. The summed E-state index contributed by atoms with van der Waals surface area (Å²) in [4.78, 5) is 4.78. The third-order valence-electron chi connectivity index (χ3n) is 13.7. The van der Waals surface area contributed by atoms with Gasteiger partial charge in [0, 0.05) is 44.7 Å². The third kappa shape index (κ3) is 6.48. The van der Waals surface area contributed by atoms with E-state index in [1.54, 1.807) is 0 Å². The molecule has 2 aliphatic rings. The number of nitrogens with zero attached hydrogens (tertiary/aromatic N) is 2. The Kier molecular flexibility index (Phi) is 9.10. The lowest BCUT2D eigenvalue weighted by Gasteiger charge is -2.29. The SMILES string of the molecule is Cc1ccc(N(c2ccc3c(c2)C(C)(C)c2cc(/C=C/c4ccc5c(c4)C(C)(C)c4cc(N(c6ccccc6)c6ccccc6)ccc4-5)ccc2-3)c2cccc3ccccc23)cc1. The van der Waals surface area contributed by atoms with Crippen molar-refractivity contribution in [2.45, 2.75) is 45.4 Å². The van der Waals surface area contributed by atoms with Crippen LogP contribution in [0.1, 0.15) is 66.6 Å². The average Bonchev–Trinajstić information content (AvgIpc) is 3.68. The highest BCUT2D eigenvalue weighted by Crippen LogP contribution is 2.53. The van der Waals surface area contributed by atoms with Crippen LogP contribution in [0.2, 0.25) is 0 Å². The fraction of sp³-hybridized carbons (Fsp3) is 0.115. The summed E-state index contributed by atoms with van der Waals surface area (Å²) in [5, 5.41) is 2.47. The molecule has 0 atom stereocenters. The second-order valence-electron chi connectivity index (χ2n) is 18.3. The van der Waals surface area contributed by atoms with E-state index in [1.807, 2.05) is 0 Å². The summed E-state index contributed by atoms with van der Waals surface area (Å²) in [5.74, 6) is 0. The van der Waals surface area contributed by atoms with E-state index in [2.05, 4.69) is 257 Å². The van der Waals surface area contributed by atoms with Gasteiger partial charge in [-0.05, 0) is 135 Å². The Morgan fingerprint density at radius 3 is 1.30 bits per heavy atom. The Hall–Kier alpha value is -7.42. The quantitative estimate of drug-likeness (QED) is 0.141. The van der Waals surface area contributed by atoms with Gasteiger partial charge in [0.25, 0.3) is 0 Å². The van der Waals surface area contributed by atoms with E-state index in [1.165, 1.54) is 83.3 Å². The maximum atomic E-state index is 2.43. The standard InChI is InChI=1S/C61H50N2/c1-41-23-29-47(30-24-41)63(59-22-14-16-44-15-12-13-21-50(44)59)49-32-36-54-52-34-28-43(38-56(52)61(4,5)58(54)40-49)26-25-42-27-33-51-53-35-31-48(39-57(53)60(2,3)55(51)37-42)62(45-17-8-6-9-18-45)46-19-10-7-11-20-46/h6-40H,1-5H3/b26-25+. The van der Waals surface area contributed by atoms with Gasteiger partial charge in [0.2, 0.25) is 0 Å². The molecule has 63 heavy (non-hydrogen) atoms. The van der Waals surface area contributed by atoms with Gasteiger partial charge in [-0.1, -0.05) is 179 Å². The molecule has 0 unspecified atom stereocenters. The number of anilines is 6. The first-order valence-electron chi connectivity index (χ1n) is 22.2. The van der Waals surface area contributed by atoms with Crippen LogP contribution in [0.5, 0.6) is 0 Å². The maximum absolute atomic E-state index is 2.43. The molecule has 0 N–H and O–H groups in total. The zero-order valence-electron chi connectivity index (χ0n) is 36.6. The number of hydrogen-bond acceptors (Lipinski definition) is 2. The summed E-state index contributed by atoms with van der Waals surface area (Å²) in [6.07, 6.45) is 4.58. The van der Waals surface area contributed by atoms with Gasteiger partial charge in [0.1, 0.15) is 0 Å². The minimum atomic E-state index is -0.180. The van der Waals surface area contributed by atoms with E-state index in [0.717, 1.165) is 22.7 Å². The summed E-state index contributed by atoms with van der Waals surface area (Å²) in [5.41, 5.74) is 21.0. The fourth-order valence-corrected chi connectivity index (χ4v) is 10.3. The lowest BCUT2D eigenvalue weighted by molar-refractivity contribution is 0.660. The van der Waals surface area contributed by atoms with Crippen LogP contribution in [0, 0.1) is 6.92 Å². The Balaban J connectivity index is 0.898. The molecule has 2 heteroatoms. The molecule has 0 amide bonds. The zero-order valence-corrected chi connectivity index (χ0v) is 36.6. The topological polar surface area (TPSA) is 6.48 Å². The Morgan fingerprint density at radius 2 is 0.762 bits per heavy atom. The van der Waals surface area contributed by atoms with Crippen LogP contribution in [-0.4, -0.2) is 0 Å². The molecule has 0 bridgehead atoms. The van der Waals surface area contributed by atoms with Gasteiger partial charge >= 0.3 is 0 Å². The molecule has 9 aromatic carbocycles. The molecule has 0 spiro atoms. The molecule has 0 aliphatic heterocycles. The van der Waals surface area contributed by atoms with Gasteiger partial charge in [-0.3, -0.25) is 0 Å². The van der Waals surface area contributed by atoms with Crippen molar-refractivity contribution in [2.24, 2.45) is 0 Å². The lowest BCUT2D eigenvalue weighted by atomic mass is 9.81. The van der Waals surface area contributed by atoms with Crippen LogP contribution in [-0.2, 0) is 10.8 Å². The highest BCUT2D eigenvalue weighted by Gasteiger charge is 2.38. The van der Waals surface area contributed by atoms with Crippen molar-refractivity contribution in [1.82, 2.24) is 0 Å². The van der Waals surface area contributed by atoms with E-state index < -0.39 is 0 Å². The Bertz CT molecular complexity index is 3180. The first-order chi connectivity index (χ1) is 30.6. The summed E-state index contributed by atoms with van der Waals surface area (Å²) in [6, 6.07) is 73.7. The molecule has 9 aromatic rings. The number of fused-ring (bicyclic) bond motifs is 7. The van der Waals surface area contributed by atoms with Crippen molar-refractivity contribution >= 4 is 57.0 Å². The molecule has 0 saturated carbocycles. The highest BCUT2D eigenvalue weighted by molar-refractivity contribution is 5.99. The first-order valence-corrected chi connectivity index (χ1v) is 22.2. The Morgan fingerprint density at radius 1 is 0.349 bits per heavy atom. The van der Waals surface area contributed by atoms with Crippen LogP contribution >= 0.6 is 0 Å². The van der Waals surface area contributed by atoms with Crippen molar-refractivity contribution in [3.8, 4) is 22.3 Å². The van der Waals surface area contributed by atoms with Crippen LogP contribution < -0.4 is 9.80 Å². The molecule has 2 aliphatic carbocycles. The molecular weight excluding hydrogens is 761 g/mol. The molecular formula is C61H50N2. The number of hydrogen-bond donors (Lipinski definition) is 0. The summed E-state index contributed by atoms with van der Waals surface area (Å²) in [7, 11) is 0. The van der Waals surface area contributed by atoms with Crippen molar-refractivity contribution in [3.05, 3.63) is 239 Å². The molecule has 304 valence electrons. The minimum absolute atomic E-state index is 0.158. The monoisotopic (exact) mass is 810 g/mol. The molecule has 0 heterocycles. The smallest absolute Gasteiger partial charge is 0.0540 e. The van der Waals surface area contributed by atoms with Crippen molar-refractivity contribution in [2.75, 3.05) is 9.80 Å². The van der Waals surface area contributed by atoms with Gasteiger partial charge in [0.15, 0.2) is 0 Å². The number of aryl methyl sites for hydroxylation is 1. The molecule has 0 radical (unpaired) electrons. The van der Waals surface area contributed by atoms with Gasteiger partial charge < -0.3 is 9.80 Å². The molecule has 0 fully saturated rings. The summed E-state index contributed by atoms with van der Waals surface area (Å²) >= 11 is 0. The van der Waals surface area contributed by atoms with Crippen LogP contribution in [0.4, 0.5) is 34.1 Å². The number of benzene rings is 9. The van der Waals surface area contributed by atoms with Gasteiger partial charge in [-0.2, -0.15) is 0 Å². The van der Waals surface area contributed by atoms with Gasteiger partial charge in [-0.25, -0.2) is 0 Å². The van der Waals surface area contributed by atoms with Crippen LogP contribution in [0.25, 0.3) is 45.2 Å². The van der Waals surface area contributed by atoms with Crippen molar-refractivity contribution in [3.63, 3.8) is 0 Å². The normalized spacial score (nSPS) is 14.0. The lowest BCUT2D eigenvalue weighted by Crippen LogP contribution is -2.17. The third-order valence-corrected chi connectivity index (χ3v) is 13.7. The average molecular weight is 811 g/mol. The van der Waals surface area contributed by atoms with Gasteiger partial charge in [0.05, 0.1) is 5.69 Å². The molecule has 11 rings (SSSR count). The molecule has 0 saturated heterocycles. The summed E-state index contributed by atoms with van der Waals surface area (Å²) < 4.78 is 0. The first kappa shape index (κ1) is 38.5. The predicted molar refractivity (Wildman–Crippen MR) is 269 cm³/mol. The maximum Gasteiger partial charge on any atom is 0.0540 e. The van der Waals surface area contributed by atoms with E-state index in [9.17, 15) is 0 Å². The van der Waals surface area contributed by atoms with E-state index >= 15 is 0 Å². The van der Waals surface area contributed by atoms with Crippen molar-refractivity contribution in [1.29, 1.82) is 0 Å². The number of para-hydroxylation sites is 2. The predicted octanol–water partition coefficient (Wildman–Crippen LogP) is 16.9. The van der Waals surface area contributed by atoms with E-state index in [-0.39, 0.29) is 10.8 Å². The second kappa shape index (κ2) is 14.9. The zero-order chi connectivity index (χ0) is 42.9. The van der Waals surface area contributed by atoms with Crippen LogP contribution in [0.3, 0.4) is 0 Å². The van der Waals surface area contributed by atoms with Crippen molar-refractivity contribution < 1.29 is 0 Å². The summed E-state index contributed by atoms with van der Waals surface area (Å²) in [6.45, 7) is 11.7. The van der Waals surface area contributed by atoms with E-state index in [4.69, 9.17) is 0 Å². The fourth-order valence-electron chi connectivity index (χ4n) is 10.3. The number of rotatable bonds is 8.